The maximum Gasteiger partial charge on any atom is 0.252 e. The summed E-state index contributed by atoms with van der Waals surface area (Å²) in [4.78, 5) is 8.76. The monoisotopic (exact) mass is 367 g/mol. The van der Waals surface area contributed by atoms with Gasteiger partial charge in [0, 0.05) is 24.4 Å². The minimum atomic E-state index is -0.317. The van der Waals surface area contributed by atoms with Crippen LogP contribution in [-0.4, -0.2) is 50.2 Å². The van der Waals surface area contributed by atoms with Crippen LogP contribution in [0.1, 0.15) is 5.89 Å². The Morgan fingerprint density at radius 3 is 2.81 bits per heavy atom. The minimum absolute atomic E-state index is 0.147. The van der Waals surface area contributed by atoms with Crippen LogP contribution in [0.25, 0.3) is 28.3 Å². The molecule has 0 saturated carbocycles. The lowest BCUT2D eigenvalue weighted by Crippen LogP contribution is -2.04. The van der Waals surface area contributed by atoms with Crippen molar-refractivity contribution in [1.29, 1.82) is 0 Å². The molecule has 0 radical (unpaired) electrons. The molecule has 0 bridgehead atoms. The largest absolute Gasteiger partial charge is 0.491 e. The normalized spacial score (nSPS) is 11.2. The number of methoxy groups -OCH3 is 1. The van der Waals surface area contributed by atoms with Crippen LogP contribution in [0, 0.1) is 0 Å². The Balaban J connectivity index is 1.76. The summed E-state index contributed by atoms with van der Waals surface area (Å²) in [6.07, 6.45) is 3.53. The Kier molecular flexibility index (Phi) is 4.77. The van der Waals surface area contributed by atoms with Gasteiger partial charge >= 0.3 is 0 Å². The molecular weight excluding hydrogens is 350 g/mol. The third-order valence-corrected chi connectivity index (χ3v) is 3.86. The number of rotatable bonds is 7. The Labute approximate surface area is 154 Å². The van der Waals surface area contributed by atoms with Crippen LogP contribution in [-0.2, 0) is 11.3 Å². The summed E-state index contributed by atoms with van der Waals surface area (Å²) in [7, 11) is 1.62. The number of benzene rings is 1. The highest BCUT2D eigenvalue weighted by Gasteiger charge is 2.14. The van der Waals surface area contributed by atoms with Gasteiger partial charge in [-0.1, -0.05) is 5.16 Å². The molecule has 0 amide bonds. The molecule has 4 rings (SSSR count). The second-order valence-corrected chi connectivity index (χ2v) is 5.71. The van der Waals surface area contributed by atoms with Crippen LogP contribution in [0.15, 0.2) is 47.2 Å². The smallest absolute Gasteiger partial charge is 0.252 e. The summed E-state index contributed by atoms with van der Waals surface area (Å²) in [6, 6.07) is 9.28. The molecule has 0 fully saturated rings. The molecule has 1 aromatic carbocycles. The molecule has 27 heavy (non-hydrogen) atoms. The van der Waals surface area contributed by atoms with E-state index in [0.29, 0.717) is 30.4 Å². The zero-order valence-electron chi connectivity index (χ0n) is 14.6. The highest BCUT2D eigenvalue weighted by atomic mass is 16.5. The minimum Gasteiger partial charge on any atom is -0.491 e. The first kappa shape index (κ1) is 17.1. The van der Waals surface area contributed by atoms with E-state index >= 15 is 0 Å². The molecule has 3 heterocycles. The summed E-state index contributed by atoms with van der Waals surface area (Å²) in [5.74, 6) is 1.13. The average Bonchev–Trinajstić information content (AvgIpc) is 3.35. The first-order valence-electron chi connectivity index (χ1n) is 8.28. The van der Waals surface area contributed by atoms with Gasteiger partial charge in [0.2, 0.25) is 5.82 Å². The number of aromatic nitrogens is 5. The SMILES string of the molecule is COCCOc1cc(-c2cn3ncccc3n2)cc(-c2noc(CO)n2)c1. The number of hydrogen-bond acceptors (Lipinski definition) is 8. The molecule has 138 valence electrons. The van der Waals surface area contributed by atoms with Gasteiger partial charge in [0.05, 0.1) is 18.5 Å². The maximum atomic E-state index is 9.15. The Bertz CT molecular complexity index is 1030. The second kappa shape index (κ2) is 7.52. The van der Waals surface area contributed by atoms with Crippen LogP contribution in [0.4, 0.5) is 0 Å². The van der Waals surface area contributed by atoms with Crippen molar-refractivity contribution in [3.8, 4) is 28.4 Å². The van der Waals surface area contributed by atoms with E-state index in [4.69, 9.17) is 19.1 Å². The average molecular weight is 367 g/mol. The van der Waals surface area contributed by atoms with Gasteiger partial charge in [-0.05, 0) is 30.3 Å². The molecule has 9 heteroatoms. The van der Waals surface area contributed by atoms with Crippen LogP contribution in [0.5, 0.6) is 5.75 Å². The first-order valence-corrected chi connectivity index (χ1v) is 8.28. The number of fused-ring (bicyclic) bond motifs is 1. The van der Waals surface area contributed by atoms with Gasteiger partial charge in [-0.25, -0.2) is 9.50 Å². The number of aliphatic hydroxyl groups excluding tert-OH is 1. The summed E-state index contributed by atoms with van der Waals surface area (Å²) in [5, 5.41) is 17.3. The van der Waals surface area contributed by atoms with Crippen molar-refractivity contribution < 1.29 is 19.1 Å². The van der Waals surface area contributed by atoms with E-state index < -0.39 is 0 Å². The van der Waals surface area contributed by atoms with E-state index in [1.165, 1.54) is 0 Å². The summed E-state index contributed by atoms with van der Waals surface area (Å²) < 4.78 is 17.5. The third-order valence-electron chi connectivity index (χ3n) is 3.86. The molecule has 0 atom stereocenters. The predicted molar refractivity (Wildman–Crippen MR) is 95.0 cm³/mol. The van der Waals surface area contributed by atoms with Crippen molar-refractivity contribution in [2.75, 3.05) is 20.3 Å². The van der Waals surface area contributed by atoms with E-state index in [-0.39, 0.29) is 12.5 Å². The predicted octanol–water partition coefficient (Wildman–Crippen LogP) is 1.96. The van der Waals surface area contributed by atoms with E-state index in [0.717, 1.165) is 16.9 Å². The second-order valence-electron chi connectivity index (χ2n) is 5.71. The highest BCUT2D eigenvalue weighted by molar-refractivity contribution is 5.71. The lowest BCUT2D eigenvalue weighted by Gasteiger charge is -2.09. The fourth-order valence-corrected chi connectivity index (χ4v) is 2.61. The number of aliphatic hydroxyl groups is 1. The number of ether oxygens (including phenoxy) is 2. The van der Waals surface area contributed by atoms with Crippen LogP contribution < -0.4 is 4.74 Å². The lowest BCUT2D eigenvalue weighted by molar-refractivity contribution is 0.146. The lowest BCUT2D eigenvalue weighted by atomic mass is 10.1. The highest BCUT2D eigenvalue weighted by Crippen LogP contribution is 2.30. The Hall–Kier alpha value is -3.30. The molecule has 4 aromatic rings. The molecule has 1 N–H and O–H groups in total. The van der Waals surface area contributed by atoms with Crippen LogP contribution in [0.2, 0.25) is 0 Å². The van der Waals surface area contributed by atoms with Crippen molar-refractivity contribution in [2.45, 2.75) is 6.61 Å². The number of imidazole rings is 1. The fourth-order valence-electron chi connectivity index (χ4n) is 2.61. The zero-order chi connectivity index (χ0) is 18.6. The molecule has 0 aliphatic rings. The number of hydrogen-bond donors (Lipinski definition) is 1. The van der Waals surface area contributed by atoms with E-state index in [1.807, 2.05) is 30.5 Å². The first-order chi connectivity index (χ1) is 13.3. The summed E-state index contributed by atoms with van der Waals surface area (Å²) in [5.41, 5.74) is 2.98. The molecule has 9 nitrogen and oxygen atoms in total. The van der Waals surface area contributed by atoms with Crippen molar-refractivity contribution in [1.82, 2.24) is 24.7 Å². The van der Waals surface area contributed by atoms with Gasteiger partial charge in [-0.2, -0.15) is 10.1 Å². The molecule has 0 unspecified atom stereocenters. The van der Waals surface area contributed by atoms with Gasteiger partial charge < -0.3 is 19.1 Å². The van der Waals surface area contributed by atoms with Crippen molar-refractivity contribution in [3.63, 3.8) is 0 Å². The molecule has 0 aliphatic heterocycles. The van der Waals surface area contributed by atoms with Crippen molar-refractivity contribution in [2.24, 2.45) is 0 Å². The fraction of sp³-hybridized carbons (Fsp3) is 0.222. The third kappa shape index (κ3) is 3.64. The molecular formula is C18H17N5O4. The van der Waals surface area contributed by atoms with Gasteiger partial charge in [0.1, 0.15) is 19.0 Å². The van der Waals surface area contributed by atoms with Crippen LogP contribution in [0.3, 0.4) is 0 Å². The maximum absolute atomic E-state index is 9.15. The Morgan fingerprint density at radius 1 is 1.15 bits per heavy atom. The standard InChI is InChI=1S/C18H17N5O4/c1-25-5-6-26-14-8-12(15-10-23-16(20-15)3-2-4-19-23)7-13(9-14)18-21-17(11-24)27-22-18/h2-4,7-10,24H,5-6,11H2,1H3. The van der Waals surface area contributed by atoms with E-state index in [2.05, 4.69) is 20.2 Å². The van der Waals surface area contributed by atoms with Gasteiger partial charge in [-0.3, -0.25) is 0 Å². The van der Waals surface area contributed by atoms with Crippen molar-refractivity contribution >= 4 is 5.65 Å². The quantitative estimate of drug-likeness (QED) is 0.494. The topological polar surface area (TPSA) is 108 Å². The van der Waals surface area contributed by atoms with Gasteiger partial charge in [-0.15, -0.1) is 0 Å². The van der Waals surface area contributed by atoms with Crippen molar-refractivity contribution in [3.05, 3.63) is 48.6 Å². The van der Waals surface area contributed by atoms with Gasteiger partial charge in [0.25, 0.3) is 5.89 Å². The molecule has 3 aromatic heterocycles. The summed E-state index contributed by atoms with van der Waals surface area (Å²) >= 11 is 0. The van der Waals surface area contributed by atoms with Gasteiger partial charge in [0.15, 0.2) is 5.65 Å². The number of nitrogens with zero attached hydrogens (tertiary/aromatic N) is 5. The van der Waals surface area contributed by atoms with E-state index in [9.17, 15) is 0 Å². The van der Waals surface area contributed by atoms with Crippen LogP contribution >= 0.6 is 0 Å². The Morgan fingerprint density at radius 2 is 2.04 bits per heavy atom. The molecule has 0 spiro atoms. The summed E-state index contributed by atoms with van der Waals surface area (Å²) in [6.45, 7) is 0.553. The molecule has 0 saturated heterocycles. The van der Waals surface area contributed by atoms with E-state index in [1.54, 1.807) is 23.9 Å². The molecule has 0 aliphatic carbocycles. The zero-order valence-corrected chi connectivity index (χ0v) is 14.6.